The van der Waals surface area contributed by atoms with Crippen LogP contribution in [0.25, 0.3) is 0 Å². The van der Waals surface area contributed by atoms with Crippen molar-refractivity contribution in [2.24, 2.45) is 5.92 Å². The molecule has 1 aromatic carbocycles. The molecule has 1 nitrogen and oxygen atoms in total. The second-order valence-electron chi connectivity index (χ2n) is 4.01. The minimum absolute atomic E-state index is 0.147. The topological polar surface area (TPSA) is 26.0 Å². The number of nitrogen functional groups attached to an aromatic ring is 1. The maximum absolute atomic E-state index is 14.2. The van der Waals surface area contributed by atoms with E-state index in [4.69, 9.17) is 5.73 Å². The summed E-state index contributed by atoms with van der Waals surface area (Å²) in [5.41, 5.74) is 7.04. The lowest BCUT2D eigenvalue weighted by molar-refractivity contribution is 0.237. The number of hydrogen-bond donors (Lipinski definition) is 1. The molecule has 3 heteroatoms. The quantitative estimate of drug-likeness (QED) is 0.780. The molecule has 2 N–H and O–H groups in total. The highest BCUT2D eigenvalue weighted by Gasteiger charge is 2.26. The maximum atomic E-state index is 14.2. The van der Waals surface area contributed by atoms with Gasteiger partial charge in [-0.05, 0) is 30.4 Å². The summed E-state index contributed by atoms with van der Waals surface area (Å²) in [5, 5.41) is 0. The van der Waals surface area contributed by atoms with Crippen molar-refractivity contribution in [3.8, 4) is 0 Å². The molecule has 2 rings (SSSR count). The molecule has 0 aliphatic carbocycles. The van der Waals surface area contributed by atoms with Crippen molar-refractivity contribution in [3.63, 3.8) is 0 Å². The van der Waals surface area contributed by atoms with Gasteiger partial charge < -0.3 is 5.73 Å². The number of hydrogen-bond acceptors (Lipinski definition) is 2. The number of para-hydroxylation sites is 1. The van der Waals surface area contributed by atoms with Crippen LogP contribution < -0.4 is 5.73 Å². The van der Waals surface area contributed by atoms with E-state index in [0.29, 0.717) is 11.3 Å². The first-order valence-corrected chi connectivity index (χ1v) is 6.50. The van der Waals surface area contributed by atoms with E-state index in [1.54, 1.807) is 12.1 Å². The number of rotatable bonds is 2. The molecule has 15 heavy (non-hydrogen) atoms. The zero-order chi connectivity index (χ0) is 10.7. The van der Waals surface area contributed by atoms with Crippen LogP contribution in [0.2, 0.25) is 0 Å². The van der Waals surface area contributed by atoms with Gasteiger partial charge in [0.25, 0.3) is 0 Å². The zero-order valence-electron chi connectivity index (χ0n) is 8.66. The van der Waals surface area contributed by atoms with Crippen molar-refractivity contribution in [3.05, 3.63) is 29.8 Å². The summed E-state index contributed by atoms with van der Waals surface area (Å²) in [6, 6.07) is 7.28. The van der Waals surface area contributed by atoms with E-state index in [0.717, 1.165) is 18.6 Å². The first-order chi connectivity index (χ1) is 7.29. The summed E-state index contributed by atoms with van der Waals surface area (Å²) in [7, 11) is 0. The maximum Gasteiger partial charge on any atom is 0.131 e. The lowest BCUT2D eigenvalue weighted by atomic mass is 9.93. The van der Waals surface area contributed by atoms with Gasteiger partial charge in [-0.3, -0.25) is 0 Å². The Balaban J connectivity index is 2.12. The molecule has 1 heterocycles. The number of thioether (sulfide) groups is 1. The predicted molar refractivity (Wildman–Crippen MR) is 64.8 cm³/mol. The van der Waals surface area contributed by atoms with Crippen LogP contribution in [-0.4, -0.2) is 11.5 Å². The molecule has 1 aliphatic heterocycles. The van der Waals surface area contributed by atoms with Crippen LogP contribution in [0.1, 0.15) is 24.6 Å². The van der Waals surface area contributed by atoms with Crippen molar-refractivity contribution in [1.82, 2.24) is 0 Å². The van der Waals surface area contributed by atoms with Gasteiger partial charge in [0.05, 0.1) is 0 Å². The van der Waals surface area contributed by atoms with Crippen molar-refractivity contribution in [2.75, 3.05) is 17.2 Å². The van der Waals surface area contributed by atoms with Gasteiger partial charge in [0, 0.05) is 17.2 Å². The second-order valence-corrected chi connectivity index (χ2v) is 5.16. The molecule has 0 radical (unpaired) electrons. The van der Waals surface area contributed by atoms with Gasteiger partial charge in [-0.1, -0.05) is 18.2 Å². The minimum atomic E-state index is -0.890. The highest BCUT2D eigenvalue weighted by molar-refractivity contribution is 7.99. The second kappa shape index (κ2) is 4.88. The predicted octanol–water partition coefficient (Wildman–Crippen LogP) is 3.42. The van der Waals surface area contributed by atoms with Crippen LogP contribution in [0.3, 0.4) is 0 Å². The molecule has 2 atom stereocenters. The summed E-state index contributed by atoms with van der Waals surface area (Å²) in [5.74, 6) is 2.25. The molecule has 1 aliphatic rings. The zero-order valence-corrected chi connectivity index (χ0v) is 9.47. The van der Waals surface area contributed by atoms with Gasteiger partial charge in [-0.25, -0.2) is 4.39 Å². The number of nitrogens with two attached hydrogens (primary N) is 1. The fourth-order valence-electron chi connectivity index (χ4n) is 2.01. The molecule has 0 amide bonds. The summed E-state index contributed by atoms with van der Waals surface area (Å²) in [6.07, 6.45) is 1.23. The Morgan fingerprint density at radius 1 is 1.40 bits per heavy atom. The van der Waals surface area contributed by atoms with Crippen LogP contribution in [-0.2, 0) is 0 Å². The monoisotopic (exact) mass is 225 g/mol. The van der Waals surface area contributed by atoms with E-state index < -0.39 is 6.17 Å². The average Bonchev–Trinajstić information content (AvgIpc) is 2.30. The number of alkyl halides is 1. The lowest BCUT2D eigenvalue weighted by Crippen LogP contribution is -2.17. The van der Waals surface area contributed by atoms with E-state index in [1.807, 2.05) is 23.9 Å². The van der Waals surface area contributed by atoms with Crippen molar-refractivity contribution in [1.29, 1.82) is 0 Å². The molecule has 0 saturated carbocycles. The number of halogens is 1. The smallest absolute Gasteiger partial charge is 0.131 e. The highest BCUT2D eigenvalue weighted by Crippen LogP contribution is 2.37. The summed E-state index contributed by atoms with van der Waals surface area (Å²) < 4.78 is 14.2. The Bertz CT molecular complexity index is 323. The molecule has 1 fully saturated rings. The Labute approximate surface area is 94.2 Å². The Morgan fingerprint density at radius 3 is 2.87 bits per heavy atom. The first-order valence-electron chi connectivity index (χ1n) is 5.35. The van der Waals surface area contributed by atoms with E-state index in [-0.39, 0.29) is 5.92 Å². The van der Waals surface area contributed by atoms with Crippen LogP contribution in [0, 0.1) is 5.92 Å². The van der Waals surface area contributed by atoms with Gasteiger partial charge >= 0.3 is 0 Å². The van der Waals surface area contributed by atoms with Gasteiger partial charge in [-0.15, -0.1) is 0 Å². The van der Waals surface area contributed by atoms with E-state index in [1.165, 1.54) is 5.75 Å². The molecule has 82 valence electrons. The van der Waals surface area contributed by atoms with Gasteiger partial charge in [0.2, 0.25) is 0 Å². The largest absolute Gasteiger partial charge is 0.398 e. The van der Waals surface area contributed by atoms with E-state index >= 15 is 0 Å². The Hall–Kier alpha value is -0.700. The molecule has 0 spiro atoms. The molecule has 1 aromatic rings. The molecular formula is C12H16FNS. The molecular weight excluding hydrogens is 209 g/mol. The fraction of sp³-hybridized carbons (Fsp3) is 0.500. The van der Waals surface area contributed by atoms with Gasteiger partial charge in [-0.2, -0.15) is 11.8 Å². The number of anilines is 1. The van der Waals surface area contributed by atoms with E-state index in [9.17, 15) is 4.39 Å². The lowest BCUT2D eigenvalue weighted by Gasteiger charge is -2.25. The van der Waals surface area contributed by atoms with Gasteiger partial charge in [0.1, 0.15) is 6.17 Å². The minimum Gasteiger partial charge on any atom is -0.398 e. The van der Waals surface area contributed by atoms with E-state index in [2.05, 4.69) is 0 Å². The average molecular weight is 225 g/mol. The fourth-order valence-corrected chi connectivity index (χ4v) is 3.19. The third-order valence-electron chi connectivity index (χ3n) is 2.90. The summed E-state index contributed by atoms with van der Waals surface area (Å²) in [6.45, 7) is 0. The first kappa shape index (κ1) is 10.8. The third kappa shape index (κ3) is 2.46. The summed E-state index contributed by atoms with van der Waals surface area (Å²) >= 11 is 1.85. The van der Waals surface area contributed by atoms with Crippen molar-refractivity contribution in [2.45, 2.75) is 19.0 Å². The van der Waals surface area contributed by atoms with Crippen LogP contribution in [0.5, 0.6) is 0 Å². The van der Waals surface area contributed by atoms with Crippen LogP contribution >= 0.6 is 11.8 Å². The van der Waals surface area contributed by atoms with Crippen LogP contribution in [0.4, 0.5) is 10.1 Å². The number of benzene rings is 1. The molecule has 0 aromatic heterocycles. The van der Waals surface area contributed by atoms with Gasteiger partial charge in [0.15, 0.2) is 0 Å². The Kier molecular flexibility index (Phi) is 3.52. The highest BCUT2D eigenvalue weighted by atomic mass is 32.2. The third-order valence-corrected chi connectivity index (χ3v) is 4.14. The summed E-state index contributed by atoms with van der Waals surface area (Å²) in [4.78, 5) is 0. The van der Waals surface area contributed by atoms with Crippen molar-refractivity contribution >= 4 is 17.4 Å². The molecule has 2 unspecified atom stereocenters. The molecule has 1 saturated heterocycles. The normalized spacial score (nSPS) is 23.7. The molecule has 0 bridgehead atoms. The van der Waals surface area contributed by atoms with Crippen LogP contribution in [0.15, 0.2) is 24.3 Å². The standard InChI is InChI=1S/C12H16FNS/c13-12(9-4-3-7-15-8-9)10-5-1-2-6-11(10)14/h1-2,5-6,9,12H,3-4,7-8,14H2. The SMILES string of the molecule is Nc1ccccc1C(F)C1CCCSC1. The van der Waals surface area contributed by atoms with Crippen molar-refractivity contribution < 1.29 is 4.39 Å². The Morgan fingerprint density at radius 2 is 2.20 bits per heavy atom.